The second-order valence-corrected chi connectivity index (χ2v) is 12.8. The zero-order valence-corrected chi connectivity index (χ0v) is 20.1. The van der Waals surface area contributed by atoms with E-state index in [1.807, 2.05) is 27.0 Å². The Hall–Kier alpha value is -0.973. The van der Waals surface area contributed by atoms with E-state index in [9.17, 15) is 4.79 Å². The molecule has 0 unspecified atom stereocenters. The van der Waals surface area contributed by atoms with Crippen molar-refractivity contribution in [1.29, 1.82) is 0 Å². The minimum atomic E-state index is -1.11. The van der Waals surface area contributed by atoms with Gasteiger partial charge in [-0.15, -0.1) is 0 Å². The number of rotatable bonds is 7. The maximum absolute atomic E-state index is 12.5. The van der Waals surface area contributed by atoms with Gasteiger partial charge in [-0.2, -0.15) is 0 Å². The molecule has 1 aliphatic rings. The molecule has 0 aromatic carbocycles. The van der Waals surface area contributed by atoms with Crippen LogP contribution in [0.4, 0.5) is 4.79 Å². The Balaban J connectivity index is 2.97. The van der Waals surface area contributed by atoms with Crippen LogP contribution in [0.15, 0.2) is 12.3 Å². The Labute approximate surface area is 169 Å². The molecule has 0 saturated heterocycles. The van der Waals surface area contributed by atoms with Crippen LogP contribution in [-0.4, -0.2) is 26.8 Å². The van der Waals surface area contributed by atoms with Crippen LogP contribution in [0.25, 0.3) is 0 Å². The maximum atomic E-state index is 12.5. The lowest BCUT2D eigenvalue weighted by atomic mass is 9.72. The van der Waals surface area contributed by atoms with Crippen LogP contribution >= 0.6 is 0 Å². The van der Waals surface area contributed by atoms with E-state index in [-0.39, 0.29) is 23.5 Å². The minimum absolute atomic E-state index is 0.0206. The number of nitrogens with one attached hydrogen (secondary N) is 1. The fourth-order valence-corrected chi connectivity index (χ4v) is 4.25. The molecule has 0 aromatic rings. The highest BCUT2D eigenvalue weighted by atomic mass is 28.3. The number of alkyl carbamates (subject to hydrolysis) is 1. The molecule has 0 radical (unpaired) electrons. The Kier molecular flexibility index (Phi) is 9.39. The van der Waals surface area contributed by atoms with Crippen LogP contribution in [0, 0.1) is 17.3 Å². The first-order valence-corrected chi connectivity index (χ1v) is 13.5. The van der Waals surface area contributed by atoms with E-state index in [4.69, 9.17) is 9.16 Å². The van der Waals surface area contributed by atoms with Gasteiger partial charge in [0, 0.05) is 12.0 Å². The van der Waals surface area contributed by atoms with Crippen molar-refractivity contribution in [3.8, 4) is 0 Å². The smallest absolute Gasteiger partial charge is 0.407 e. The predicted octanol–water partition coefficient (Wildman–Crippen LogP) is 6.03. The summed E-state index contributed by atoms with van der Waals surface area (Å²) in [6.45, 7) is 16.8. The fraction of sp³-hybridized carbons (Fsp3) is 0.864. The number of hydrogen-bond acceptors (Lipinski definition) is 3. The third-order valence-electron chi connectivity index (χ3n) is 5.08. The van der Waals surface area contributed by atoms with Crippen LogP contribution in [0.2, 0.25) is 13.1 Å². The molecule has 1 N–H and O–H groups in total. The highest BCUT2D eigenvalue weighted by molar-refractivity contribution is 6.48. The van der Waals surface area contributed by atoms with Gasteiger partial charge in [0.25, 0.3) is 0 Å². The minimum Gasteiger partial charge on any atom is -0.553 e. The van der Waals surface area contributed by atoms with Crippen LogP contribution < -0.4 is 5.32 Å². The lowest BCUT2D eigenvalue weighted by Gasteiger charge is -2.38. The summed E-state index contributed by atoms with van der Waals surface area (Å²) in [7, 11) is -1.11. The van der Waals surface area contributed by atoms with Crippen molar-refractivity contribution in [2.45, 2.75) is 105 Å². The van der Waals surface area contributed by atoms with Crippen molar-refractivity contribution < 1.29 is 14.0 Å². The molecule has 1 fully saturated rings. The van der Waals surface area contributed by atoms with Crippen molar-refractivity contribution >= 4 is 15.1 Å². The summed E-state index contributed by atoms with van der Waals surface area (Å²) in [6, 6.07) is 0.0524. The highest BCUT2D eigenvalue weighted by Crippen LogP contribution is 2.36. The van der Waals surface area contributed by atoms with Gasteiger partial charge in [-0.25, -0.2) is 4.79 Å². The zero-order chi connectivity index (χ0) is 20.7. The van der Waals surface area contributed by atoms with E-state index in [1.165, 1.54) is 32.1 Å². The molecule has 0 spiro atoms. The first kappa shape index (κ1) is 24.1. The first-order valence-electron chi connectivity index (χ1n) is 10.7. The molecule has 1 saturated carbocycles. The van der Waals surface area contributed by atoms with Crippen molar-refractivity contribution in [3.05, 3.63) is 12.3 Å². The fourth-order valence-electron chi connectivity index (χ4n) is 3.85. The molecule has 0 aliphatic heterocycles. The average Bonchev–Trinajstić information content (AvgIpc) is 2.48. The van der Waals surface area contributed by atoms with Gasteiger partial charge in [-0.1, -0.05) is 52.9 Å². The monoisotopic (exact) mass is 397 g/mol. The Morgan fingerprint density at radius 1 is 1.11 bits per heavy atom. The largest absolute Gasteiger partial charge is 0.553 e. The highest BCUT2D eigenvalue weighted by Gasteiger charge is 2.34. The summed E-state index contributed by atoms with van der Waals surface area (Å²) in [5.41, 5.74) is -0.467. The molecule has 0 bridgehead atoms. The van der Waals surface area contributed by atoms with Gasteiger partial charge >= 0.3 is 6.09 Å². The molecule has 1 rings (SSSR count). The van der Waals surface area contributed by atoms with Crippen molar-refractivity contribution in [2.24, 2.45) is 17.3 Å². The predicted molar refractivity (Wildman–Crippen MR) is 116 cm³/mol. The molecule has 5 heteroatoms. The van der Waals surface area contributed by atoms with E-state index in [0.717, 1.165) is 6.42 Å². The van der Waals surface area contributed by atoms with Gasteiger partial charge in [0.05, 0.1) is 6.26 Å². The summed E-state index contributed by atoms with van der Waals surface area (Å²) in [5, 5.41) is 3.21. The maximum Gasteiger partial charge on any atom is 0.407 e. The molecule has 0 aromatic heterocycles. The number of ether oxygens (including phenoxy) is 1. The van der Waals surface area contributed by atoms with E-state index >= 15 is 0 Å². The molecule has 158 valence electrons. The molecular formula is C22H43NO3Si. The zero-order valence-electron chi connectivity index (χ0n) is 18.9. The molecule has 2 atom stereocenters. The van der Waals surface area contributed by atoms with Gasteiger partial charge in [-0.05, 0) is 57.7 Å². The van der Waals surface area contributed by atoms with Crippen LogP contribution in [0.3, 0.4) is 0 Å². The second kappa shape index (κ2) is 10.5. The van der Waals surface area contributed by atoms with Crippen LogP contribution in [-0.2, 0) is 9.16 Å². The number of carbonyl (C=O) groups is 1. The topological polar surface area (TPSA) is 47.6 Å². The van der Waals surface area contributed by atoms with E-state index in [2.05, 4.69) is 45.3 Å². The molecule has 1 amide bonds. The van der Waals surface area contributed by atoms with Gasteiger partial charge < -0.3 is 14.5 Å². The van der Waals surface area contributed by atoms with E-state index in [0.29, 0.717) is 5.92 Å². The van der Waals surface area contributed by atoms with Gasteiger partial charge in [0.15, 0.2) is 0 Å². The Bertz CT molecular complexity index is 471. The van der Waals surface area contributed by atoms with E-state index in [1.54, 1.807) is 0 Å². The Morgan fingerprint density at radius 3 is 2.19 bits per heavy atom. The SMILES string of the molecule is C[SiH](C)OC=C[C@H]([C@H](CC1CCCCC1)NC(=O)OC(C)(C)C)C(C)(C)C. The van der Waals surface area contributed by atoms with Crippen molar-refractivity contribution in [2.75, 3.05) is 0 Å². The summed E-state index contributed by atoms with van der Waals surface area (Å²) in [6.07, 6.45) is 11.2. The van der Waals surface area contributed by atoms with Crippen LogP contribution in [0.5, 0.6) is 0 Å². The summed E-state index contributed by atoms with van der Waals surface area (Å²) in [5.74, 6) is 0.872. The van der Waals surface area contributed by atoms with Gasteiger partial charge in [0.1, 0.15) is 5.60 Å². The summed E-state index contributed by atoms with van der Waals surface area (Å²) in [4.78, 5) is 12.5. The first-order chi connectivity index (χ1) is 12.4. The lowest BCUT2D eigenvalue weighted by molar-refractivity contribution is 0.0454. The quantitative estimate of drug-likeness (QED) is 0.422. The normalized spacial score (nSPS) is 19.1. The molecule has 1 aliphatic carbocycles. The lowest BCUT2D eigenvalue weighted by Crippen LogP contribution is -2.47. The second-order valence-electron chi connectivity index (χ2n) is 10.4. The Morgan fingerprint density at radius 2 is 1.70 bits per heavy atom. The average molecular weight is 398 g/mol. The molecule has 27 heavy (non-hydrogen) atoms. The summed E-state index contributed by atoms with van der Waals surface area (Å²) >= 11 is 0. The number of carbonyl (C=O) groups excluding carboxylic acids is 1. The molecular weight excluding hydrogens is 354 g/mol. The van der Waals surface area contributed by atoms with Crippen LogP contribution in [0.1, 0.15) is 80.1 Å². The third kappa shape index (κ3) is 10.2. The van der Waals surface area contributed by atoms with Crippen molar-refractivity contribution in [1.82, 2.24) is 5.32 Å². The van der Waals surface area contributed by atoms with Gasteiger partial charge in [-0.3, -0.25) is 0 Å². The standard InChI is InChI=1S/C22H43NO3Si/c1-21(2,3)18(14-15-25-27(7)8)19(16-17-12-10-9-11-13-17)23-20(24)26-22(4,5)6/h14-15,17-19,27H,9-13,16H2,1-8H3,(H,23,24)/t18-,19+/m1/s1. The van der Waals surface area contributed by atoms with E-state index < -0.39 is 14.6 Å². The number of hydrogen-bond donors (Lipinski definition) is 1. The third-order valence-corrected chi connectivity index (χ3v) is 5.79. The van der Waals surface area contributed by atoms with Gasteiger partial charge in [0.2, 0.25) is 9.04 Å². The summed E-state index contributed by atoms with van der Waals surface area (Å²) < 4.78 is 11.4. The van der Waals surface area contributed by atoms with Crippen molar-refractivity contribution in [3.63, 3.8) is 0 Å². The molecule has 0 heterocycles. The molecule has 4 nitrogen and oxygen atoms in total. The number of amides is 1.